The van der Waals surface area contributed by atoms with Crippen LogP contribution in [0.2, 0.25) is 0 Å². The van der Waals surface area contributed by atoms with Gasteiger partial charge in [0.25, 0.3) is 5.91 Å². The number of halogens is 1. The Labute approximate surface area is 180 Å². The highest BCUT2D eigenvalue weighted by atomic mass is 32.2. The first-order valence-corrected chi connectivity index (χ1v) is 11.5. The second kappa shape index (κ2) is 8.99. The number of amides is 1. The van der Waals surface area contributed by atoms with Crippen LogP contribution in [0.5, 0.6) is 0 Å². The van der Waals surface area contributed by atoms with E-state index in [1.54, 1.807) is 54.7 Å². The maximum atomic E-state index is 13.9. The molecule has 7 nitrogen and oxygen atoms in total. The Morgan fingerprint density at radius 1 is 1.03 bits per heavy atom. The van der Waals surface area contributed by atoms with Gasteiger partial charge in [0.15, 0.2) is 5.69 Å². The summed E-state index contributed by atoms with van der Waals surface area (Å²) in [6, 6.07) is 16.2. The van der Waals surface area contributed by atoms with Crippen molar-refractivity contribution in [3.05, 3.63) is 78.4 Å². The van der Waals surface area contributed by atoms with Gasteiger partial charge in [-0.25, -0.2) is 17.5 Å². The van der Waals surface area contributed by atoms with E-state index in [-0.39, 0.29) is 23.2 Å². The summed E-state index contributed by atoms with van der Waals surface area (Å²) in [5, 5.41) is 7.02. The van der Waals surface area contributed by atoms with Crippen molar-refractivity contribution >= 4 is 15.9 Å². The second-order valence-corrected chi connectivity index (χ2v) is 9.41. The SMILES string of the molecule is O=C(NCC1CCN(S(=O)(=O)c2ccccc2)CC1)c1ccn(-c2ccccc2F)n1. The fourth-order valence-electron chi connectivity index (χ4n) is 3.64. The molecule has 0 spiro atoms. The van der Waals surface area contributed by atoms with Crippen LogP contribution in [0.1, 0.15) is 23.3 Å². The maximum absolute atomic E-state index is 13.9. The molecule has 0 saturated carbocycles. The lowest BCUT2D eigenvalue weighted by Gasteiger charge is -2.31. The summed E-state index contributed by atoms with van der Waals surface area (Å²) in [5.74, 6) is -0.580. The smallest absolute Gasteiger partial charge is 0.271 e. The summed E-state index contributed by atoms with van der Waals surface area (Å²) < 4.78 is 42.1. The molecular formula is C22H23FN4O3S. The number of benzene rings is 2. The predicted molar refractivity (Wildman–Crippen MR) is 114 cm³/mol. The lowest BCUT2D eigenvalue weighted by molar-refractivity contribution is 0.0936. The topological polar surface area (TPSA) is 84.3 Å². The minimum Gasteiger partial charge on any atom is -0.350 e. The van der Waals surface area contributed by atoms with Crippen LogP contribution < -0.4 is 5.32 Å². The Morgan fingerprint density at radius 3 is 2.42 bits per heavy atom. The Hall–Kier alpha value is -3.04. The zero-order valence-corrected chi connectivity index (χ0v) is 17.6. The van der Waals surface area contributed by atoms with Crippen LogP contribution in [-0.2, 0) is 10.0 Å². The molecule has 1 aliphatic rings. The number of piperidine rings is 1. The Kier molecular flexibility index (Phi) is 6.15. The van der Waals surface area contributed by atoms with Crippen molar-refractivity contribution in [1.29, 1.82) is 0 Å². The van der Waals surface area contributed by atoms with Crippen molar-refractivity contribution in [2.75, 3.05) is 19.6 Å². The van der Waals surface area contributed by atoms with Gasteiger partial charge in [-0.05, 0) is 49.1 Å². The highest BCUT2D eigenvalue weighted by Crippen LogP contribution is 2.23. The van der Waals surface area contributed by atoms with Gasteiger partial charge in [-0.2, -0.15) is 9.40 Å². The van der Waals surface area contributed by atoms with Gasteiger partial charge in [0, 0.05) is 25.8 Å². The van der Waals surface area contributed by atoms with E-state index in [1.165, 1.54) is 21.1 Å². The molecule has 1 fully saturated rings. The number of nitrogens with zero attached hydrogens (tertiary/aromatic N) is 3. The molecule has 2 heterocycles. The molecule has 9 heteroatoms. The molecule has 162 valence electrons. The predicted octanol–water partition coefficient (Wildman–Crippen LogP) is 2.84. The third kappa shape index (κ3) is 4.67. The van der Waals surface area contributed by atoms with Crippen molar-refractivity contribution in [3.8, 4) is 5.69 Å². The van der Waals surface area contributed by atoms with Crippen LogP contribution in [0, 0.1) is 11.7 Å². The molecule has 2 aromatic carbocycles. The Balaban J connectivity index is 1.30. The lowest BCUT2D eigenvalue weighted by atomic mass is 9.98. The largest absolute Gasteiger partial charge is 0.350 e. The van der Waals surface area contributed by atoms with Crippen LogP contribution in [0.4, 0.5) is 4.39 Å². The third-order valence-electron chi connectivity index (χ3n) is 5.43. The molecule has 3 aromatic rings. The Morgan fingerprint density at radius 2 is 1.71 bits per heavy atom. The molecule has 0 bridgehead atoms. The van der Waals surface area contributed by atoms with Crippen LogP contribution in [-0.4, -0.2) is 48.0 Å². The summed E-state index contributed by atoms with van der Waals surface area (Å²) in [7, 11) is -3.48. The monoisotopic (exact) mass is 442 g/mol. The number of sulfonamides is 1. The molecule has 0 atom stereocenters. The highest BCUT2D eigenvalue weighted by Gasteiger charge is 2.29. The minimum atomic E-state index is -3.48. The number of para-hydroxylation sites is 1. The number of hydrogen-bond acceptors (Lipinski definition) is 4. The molecule has 31 heavy (non-hydrogen) atoms. The van der Waals surface area contributed by atoms with Gasteiger partial charge in [0.05, 0.1) is 4.90 Å². The fraction of sp³-hybridized carbons (Fsp3) is 0.273. The highest BCUT2D eigenvalue weighted by molar-refractivity contribution is 7.89. The molecule has 1 saturated heterocycles. The van der Waals surface area contributed by atoms with Crippen LogP contribution in [0.15, 0.2) is 71.8 Å². The van der Waals surface area contributed by atoms with Gasteiger partial charge in [0.2, 0.25) is 10.0 Å². The van der Waals surface area contributed by atoms with E-state index in [2.05, 4.69) is 10.4 Å². The summed E-state index contributed by atoms with van der Waals surface area (Å²) in [5.41, 5.74) is 0.473. The fourth-order valence-corrected chi connectivity index (χ4v) is 5.13. The van der Waals surface area contributed by atoms with Gasteiger partial charge in [-0.15, -0.1) is 0 Å². The zero-order valence-electron chi connectivity index (χ0n) is 16.8. The van der Waals surface area contributed by atoms with Crippen molar-refractivity contribution < 1.29 is 17.6 Å². The molecular weight excluding hydrogens is 419 g/mol. The third-order valence-corrected chi connectivity index (χ3v) is 7.34. The van der Waals surface area contributed by atoms with E-state index >= 15 is 0 Å². The normalized spacial score (nSPS) is 15.6. The number of carbonyl (C=O) groups excluding carboxylic acids is 1. The van der Waals surface area contributed by atoms with E-state index < -0.39 is 15.8 Å². The van der Waals surface area contributed by atoms with Gasteiger partial charge < -0.3 is 5.32 Å². The van der Waals surface area contributed by atoms with Crippen LogP contribution >= 0.6 is 0 Å². The minimum absolute atomic E-state index is 0.180. The summed E-state index contributed by atoms with van der Waals surface area (Å²) in [4.78, 5) is 12.7. The first kappa shape index (κ1) is 21.2. The molecule has 0 unspecified atom stereocenters. The standard InChI is InChI=1S/C22H23FN4O3S/c23-19-8-4-5-9-21(19)27-15-12-20(25-27)22(28)24-16-17-10-13-26(14-11-17)31(29,30)18-6-2-1-3-7-18/h1-9,12,15,17H,10-11,13-14,16H2,(H,24,28). The summed E-state index contributed by atoms with van der Waals surface area (Å²) in [6.45, 7) is 1.27. The van der Waals surface area contributed by atoms with Crippen LogP contribution in [0.25, 0.3) is 5.69 Å². The second-order valence-electron chi connectivity index (χ2n) is 7.47. The molecule has 0 aliphatic carbocycles. The van der Waals surface area contributed by atoms with E-state index in [0.717, 1.165) is 0 Å². The van der Waals surface area contributed by atoms with E-state index in [1.807, 2.05) is 0 Å². The number of carbonyl (C=O) groups is 1. The van der Waals surface area contributed by atoms with E-state index in [0.29, 0.717) is 37.4 Å². The van der Waals surface area contributed by atoms with Crippen molar-refractivity contribution in [2.45, 2.75) is 17.7 Å². The Bertz CT molecular complexity index is 1160. The lowest BCUT2D eigenvalue weighted by Crippen LogP contribution is -2.41. The molecule has 1 amide bonds. The first-order valence-electron chi connectivity index (χ1n) is 10.1. The number of hydrogen-bond donors (Lipinski definition) is 1. The van der Waals surface area contributed by atoms with E-state index in [4.69, 9.17) is 0 Å². The summed E-state index contributed by atoms with van der Waals surface area (Å²) in [6.07, 6.45) is 2.87. The number of rotatable bonds is 6. The first-order chi connectivity index (χ1) is 14.9. The van der Waals surface area contributed by atoms with Gasteiger partial charge in [-0.1, -0.05) is 30.3 Å². The molecule has 1 aliphatic heterocycles. The van der Waals surface area contributed by atoms with E-state index in [9.17, 15) is 17.6 Å². The molecule has 1 N–H and O–H groups in total. The zero-order chi connectivity index (χ0) is 21.8. The van der Waals surface area contributed by atoms with Gasteiger partial charge >= 0.3 is 0 Å². The van der Waals surface area contributed by atoms with Crippen LogP contribution in [0.3, 0.4) is 0 Å². The molecule has 1 aromatic heterocycles. The maximum Gasteiger partial charge on any atom is 0.271 e. The number of aromatic nitrogens is 2. The number of nitrogens with one attached hydrogen (secondary N) is 1. The van der Waals surface area contributed by atoms with Crippen molar-refractivity contribution in [3.63, 3.8) is 0 Å². The van der Waals surface area contributed by atoms with Gasteiger partial charge in [0.1, 0.15) is 11.5 Å². The van der Waals surface area contributed by atoms with Crippen molar-refractivity contribution in [2.24, 2.45) is 5.92 Å². The average molecular weight is 443 g/mol. The summed E-state index contributed by atoms with van der Waals surface area (Å²) >= 11 is 0. The van der Waals surface area contributed by atoms with Gasteiger partial charge in [-0.3, -0.25) is 4.79 Å². The molecule has 0 radical (unpaired) electrons. The average Bonchev–Trinajstić information content (AvgIpc) is 3.29. The molecule has 4 rings (SSSR count). The van der Waals surface area contributed by atoms with Crippen molar-refractivity contribution in [1.82, 2.24) is 19.4 Å². The quantitative estimate of drug-likeness (QED) is 0.636.